The van der Waals surface area contributed by atoms with Crippen LogP contribution in [0.3, 0.4) is 0 Å². The average molecular weight is 346 g/mol. The summed E-state index contributed by atoms with van der Waals surface area (Å²) in [6.07, 6.45) is 0.759. The van der Waals surface area contributed by atoms with E-state index in [1.807, 2.05) is 37.3 Å². The van der Waals surface area contributed by atoms with E-state index in [1.165, 1.54) is 0 Å². The molecule has 2 rings (SSSR count). The Balaban J connectivity index is 1.76. The lowest BCUT2D eigenvalue weighted by Gasteiger charge is -2.10. The summed E-state index contributed by atoms with van der Waals surface area (Å²) in [5.41, 5.74) is 1.65. The number of hydrogen-bond acceptors (Lipinski definition) is 3. The highest BCUT2D eigenvalue weighted by Gasteiger charge is 2.02. The summed E-state index contributed by atoms with van der Waals surface area (Å²) in [6.45, 7) is 3.12. The Hall–Kier alpha value is -1.99. The van der Waals surface area contributed by atoms with Gasteiger partial charge in [0.2, 0.25) is 0 Å². The number of nitrogens with zero attached hydrogens (tertiary/aromatic N) is 1. The van der Waals surface area contributed by atoms with Crippen LogP contribution in [-0.4, -0.2) is 13.2 Å². The van der Waals surface area contributed by atoms with Gasteiger partial charge in [-0.3, -0.25) is 0 Å². The third-order valence-corrected chi connectivity index (χ3v) is 3.44. The standard InChI is InChI=1S/C17H16BrNO2/c1-13-11-15(18)7-8-16(13)20-9-4-10-21-17-6-3-2-5-14(17)12-19/h2-3,5-8,11H,4,9-10H2,1H3. The molecule has 0 unspecified atom stereocenters. The van der Waals surface area contributed by atoms with E-state index < -0.39 is 0 Å². The Bertz CT molecular complexity index is 649. The Morgan fingerprint density at radius 2 is 1.76 bits per heavy atom. The molecule has 0 spiro atoms. The number of halogens is 1. The van der Waals surface area contributed by atoms with E-state index in [2.05, 4.69) is 22.0 Å². The average Bonchev–Trinajstić information content (AvgIpc) is 2.49. The molecule has 0 amide bonds. The van der Waals surface area contributed by atoms with Crippen molar-refractivity contribution in [1.29, 1.82) is 5.26 Å². The maximum atomic E-state index is 8.96. The first-order chi connectivity index (χ1) is 10.2. The van der Waals surface area contributed by atoms with E-state index in [0.717, 1.165) is 22.2 Å². The predicted octanol–water partition coefficient (Wildman–Crippen LogP) is 4.48. The van der Waals surface area contributed by atoms with Gasteiger partial charge in [0.1, 0.15) is 17.6 Å². The molecule has 0 bridgehead atoms. The summed E-state index contributed by atoms with van der Waals surface area (Å²) in [5, 5.41) is 8.96. The van der Waals surface area contributed by atoms with Crippen LogP contribution in [0.5, 0.6) is 11.5 Å². The predicted molar refractivity (Wildman–Crippen MR) is 85.6 cm³/mol. The quantitative estimate of drug-likeness (QED) is 0.725. The van der Waals surface area contributed by atoms with Gasteiger partial charge >= 0.3 is 0 Å². The van der Waals surface area contributed by atoms with Crippen LogP contribution in [0.4, 0.5) is 0 Å². The molecule has 3 nitrogen and oxygen atoms in total. The fourth-order valence-corrected chi connectivity index (χ4v) is 2.36. The lowest BCUT2D eigenvalue weighted by Crippen LogP contribution is -2.06. The van der Waals surface area contributed by atoms with Crippen LogP contribution in [-0.2, 0) is 0 Å². The van der Waals surface area contributed by atoms with Crippen molar-refractivity contribution in [2.45, 2.75) is 13.3 Å². The highest BCUT2D eigenvalue weighted by Crippen LogP contribution is 2.22. The molecule has 0 heterocycles. The number of hydrogen-bond donors (Lipinski definition) is 0. The van der Waals surface area contributed by atoms with Gasteiger partial charge in [0.25, 0.3) is 0 Å². The molecular weight excluding hydrogens is 330 g/mol. The minimum Gasteiger partial charge on any atom is -0.493 e. The van der Waals surface area contributed by atoms with Gasteiger partial charge in [-0.05, 0) is 42.8 Å². The highest BCUT2D eigenvalue weighted by atomic mass is 79.9. The number of ether oxygens (including phenoxy) is 2. The summed E-state index contributed by atoms with van der Waals surface area (Å²) in [4.78, 5) is 0. The molecule has 0 aliphatic heterocycles. The number of rotatable bonds is 6. The second-order valence-corrected chi connectivity index (χ2v) is 5.48. The molecule has 0 N–H and O–H groups in total. The lowest BCUT2D eigenvalue weighted by molar-refractivity contribution is 0.246. The van der Waals surface area contributed by atoms with Crippen LogP contribution in [0, 0.1) is 18.3 Å². The van der Waals surface area contributed by atoms with Gasteiger partial charge in [0.05, 0.1) is 18.8 Å². The Morgan fingerprint density at radius 3 is 2.48 bits per heavy atom. The first kappa shape index (κ1) is 15.4. The van der Waals surface area contributed by atoms with Gasteiger partial charge in [-0.25, -0.2) is 0 Å². The molecular formula is C17H16BrNO2. The summed E-state index contributed by atoms with van der Waals surface area (Å²) < 4.78 is 12.4. The van der Waals surface area contributed by atoms with Crippen molar-refractivity contribution in [1.82, 2.24) is 0 Å². The number of para-hydroxylation sites is 1. The second kappa shape index (κ2) is 7.70. The minimum absolute atomic E-state index is 0.522. The van der Waals surface area contributed by atoms with Gasteiger partial charge < -0.3 is 9.47 Å². The molecule has 0 saturated heterocycles. The van der Waals surface area contributed by atoms with Crippen molar-refractivity contribution in [2.24, 2.45) is 0 Å². The van der Waals surface area contributed by atoms with Crippen LogP contribution in [0.1, 0.15) is 17.5 Å². The van der Waals surface area contributed by atoms with Crippen molar-refractivity contribution in [2.75, 3.05) is 13.2 Å². The van der Waals surface area contributed by atoms with Crippen molar-refractivity contribution in [3.63, 3.8) is 0 Å². The van der Waals surface area contributed by atoms with E-state index in [1.54, 1.807) is 12.1 Å². The van der Waals surface area contributed by atoms with Crippen LogP contribution in [0.2, 0.25) is 0 Å². The van der Waals surface area contributed by atoms with E-state index >= 15 is 0 Å². The summed E-state index contributed by atoms with van der Waals surface area (Å²) in [5.74, 6) is 1.51. The zero-order valence-corrected chi connectivity index (χ0v) is 13.4. The van der Waals surface area contributed by atoms with Crippen molar-refractivity contribution < 1.29 is 9.47 Å². The zero-order chi connectivity index (χ0) is 15.1. The van der Waals surface area contributed by atoms with E-state index in [0.29, 0.717) is 24.5 Å². The second-order valence-electron chi connectivity index (χ2n) is 4.57. The smallest absolute Gasteiger partial charge is 0.137 e. The largest absolute Gasteiger partial charge is 0.493 e. The molecule has 0 aromatic heterocycles. The summed E-state index contributed by atoms with van der Waals surface area (Å²) >= 11 is 3.43. The van der Waals surface area contributed by atoms with Gasteiger partial charge in [-0.2, -0.15) is 5.26 Å². The third kappa shape index (κ3) is 4.51. The Kier molecular flexibility index (Phi) is 5.65. The maximum Gasteiger partial charge on any atom is 0.137 e. The number of nitriles is 1. The van der Waals surface area contributed by atoms with Crippen LogP contribution < -0.4 is 9.47 Å². The Morgan fingerprint density at radius 1 is 1.05 bits per heavy atom. The van der Waals surface area contributed by atoms with Gasteiger partial charge in [-0.15, -0.1) is 0 Å². The fourth-order valence-electron chi connectivity index (χ4n) is 1.88. The van der Waals surface area contributed by atoms with Crippen LogP contribution >= 0.6 is 15.9 Å². The molecule has 0 fully saturated rings. The molecule has 2 aromatic rings. The van der Waals surface area contributed by atoms with E-state index in [-0.39, 0.29) is 0 Å². The molecule has 21 heavy (non-hydrogen) atoms. The maximum absolute atomic E-state index is 8.96. The monoisotopic (exact) mass is 345 g/mol. The van der Waals surface area contributed by atoms with E-state index in [4.69, 9.17) is 14.7 Å². The van der Waals surface area contributed by atoms with Gasteiger partial charge in [0, 0.05) is 10.9 Å². The minimum atomic E-state index is 0.522. The molecule has 0 radical (unpaired) electrons. The molecule has 2 aromatic carbocycles. The Labute approximate surface area is 133 Å². The normalized spacial score (nSPS) is 9.95. The molecule has 0 aliphatic rings. The topological polar surface area (TPSA) is 42.2 Å². The number of benzene rings is 2. The first-order valence-corrected chi connectivity index (χ1v) is 7.51. The molecule has 4 heteroatoms. The van der Waals surface area contributed by atoms with Crippen LogP contribution in [0.15, 0.2) is 46.9 Å². The number of aryl methyl sites for hydroxylation is 1. The van der Waals surface area contributed by atoms with E-state index in [9.17, 15) is 0 Å². The summed E-state index contributed by atoms with van der Waals surface area (Å²) in [6, 6.07) is 15.3. The zero-order valence-electron chi connectivity index (χ0n) is 11.8. The van der Waals surface area contributed by atoms with Crippen LogP contribution in [0.25, 0.3) is 0 Å². The van der Waals surface area contributed by atoms with Gasteiger partial charge in [-0.1, -0.05) is 28.1 Å². The molecule has 0 atom stereocenters. The highest BCUT2D eigenvalue weighted by molar-refractivity contribution is 9.10. The van der Waals surface area contributed by atoms with Gasteiger partial charge in [0.15, 0.2) is 0 Å². The fraction of sp³-hybridized carbons (Fsp3) is 0.235. The summed E-state index contributed by atoms with van der Waals surface area (Å²) in [7, 11) is 0. The van der Waals surface area contributed by atoms with Crippen molar-refractivity contribution in [3.05, 3.63) is 58.1 Å². The molecule has 0 aliphatic carbocycles. The first-order valence-electron chi connectivity index (χ1n) is 6.71. The third-order valence-electron chi connectivity index (χ3n) is 2.95. The lowest BCUT2D eigenvalue weighted by atomic mass is 10.2. The van der Waals surface area contributed by atoms with Crippen molar-refractivity contribution >= 4 is 15.9 Å². The molecule has 0 saturated carbocycles. The molecule has 108 valence electrons. The van der Waals surface area contributed by atoms with Crippen molar-refractivity contribution in [3.8, 4) is 17.6 Å². The SMILES string of the molecule is Cc1cc(Br)ccc1OCCCOc1ccccc1C#N.